The molecule has 138 valence electrons. The molecular formula is C22H24N4O. The average Bonchev–Trinajstić information content (AvgIpc) is 2.61. The maximum absolute atomic E-state index is 12.7. The summed E-state index contributed by atoms with van der Waals surface area (Å²) in [4.78, 5) is 21.4. The highest BCUT2D eigenvalue weighted by atomic mass is 16.1. The second-order valence-electron chi connectivity index (χ2n) is 6.79. The van der Waals surface area contributed by atoms with Crippen LogP contribution in [0.3, 0.4) is 0 Å². The zero-order valence-corrected chi connectivity index (χ0v) is 16.1. The molecule has 1 atom stereocenters. The van der Waals surface area contributed by atoms with Gasteiger partial charge in [-0.2, -0.15) is 0 Å². The Morgan fingerprint density at radius 3 is 2.26 bits per heavy atom. The Labute approximate surface area is 159 Å². The molecule has 0 fully saturated rings. The van der Waals surface area contributed by atoms with Gasteiger partial charge in [0.05, 0.1) is 6.04 Å². The van der Waals surface area contributed by atoms with Crippen molar-refractivity contribution in [1.82, 2.24) is 15.3 Å². The lowest BCUT2D eigenvalue weighted by Gasteiger charge is -2.15. The maximum Gasteiger partial charge on any atom is 0.270 e. The minimum Gasteiger partial charge on any atom is -0.344 e. The van der Waals surface area contributed by atoms with Gasteiger partial charge in [0.15, 0.2) is 0 Å². The molecule has 2 N–H and O–H groups in total. The minimum atomic E-state index is -0.222. The van der Waals surface area contributed by atoms with Crippen LogP contribution in [0.1, 0.15) is 46.0 Å². The molecule has 3 rings (SSSR count). The fourth-order valence-electron chi connectivity index (χ4n) is 3.04. The molecule has 0 radical (unpaired) electrons. The first-order chi connectivity index (χ1) is 12.9. The molecule has 0 spiro atoms. The van der Waals surface area contributed by atoms with Gasteiger partial charge in [-0.1, -0.05) is 36.4 Å². The van der Waals surface area contributed by atoms with Gasteiger partial charge >= 0.3 is 0 Å². The van der Waals surface area contributed by atoms with Crippen molar-refractivity contribution in [3.05, 3.63) is 82.8 Å². The van der Waals surface area contributed by atoms with Gasteiger partial charge in [-0.15, -0.1) is 0 Å². The van der Waals surface area contributed by atoms with Crippen LogP contribution in [0.2, 0.25) is 0 Å². The third-order valence-electron chi connectivity index (χ3n) is 4.21. The molecule has 0 aliphatic carbocycles. The van der Waals surface area contributed by atoms with Crippen molar-refractivity contribution in [2.45, 2.75) is 33.7 Å². The maximum atomic E-state index is 12.7. The summed E-state index contributed by atoms with van der Waals surface area (Å²) in [7, 11) is 0. The molecule has 0 aliphatic rings. The van der Waals surface area contributed by atoms with Gasteiger partial charge in [0, 0.05) is 11.8 Å². The number of carbonyl (C=O) groups excluding carboxylic acids is 1. The topological polar surface area (TPSA) is 66.9 Å². The number of nitrogens with one attached hydrogen (secondary N) is 2. The summed E-state index contributed by atoms with van der Waals surface area (Å²) in [6.45, 7) is 7.83. The van der Waals surface area contributed by atoms with Crippen LogP contribution in [0.15, 0.2) is 54.6 Å². The SMILES string of the molecule is Cc1cc(C)cc(Nc2cc(C(=O)NC(C)c3ccccc3)nc(C)n2)c1. The molecule has 0 bridgehead atoms. The van der Waals surface area contributed by atoms with Crippen molar-refractivity contribution >= 4 is 17.4 Å². The van der Waals surface area contributed by atoms with Crippen LogP contribution in [-0.2, 0) is 0 Å². The Morgan fingerprint density at radius 1 is 0.926 bits per heavy atom. The number of hydrogen-bond acceptors (Lipinski definition) is 4. The van der Waals surface area contributed by atoms with E-state index in [2.05, 4.69) is 26.7 Å². The van der Waals surface area contributed by atoms with Gasteiger partial charge in [-0.05, 0) is 56.5 Å². The standard InChI is InChI=1S/C22H24N4O/c1-14-10-15(2)12-19(11-14)26-21-13-20(24-17(4)25-21)22(27)23-16(3)18-8-6-5-7-9-18/h5-13,16H,1-4H3,(H,23,27)(H,24,25,26). The number of rotatable bonds is 5. The number of hydrogen-bond donors (Lipinski definition) is 2. The van der Waals surface area contributed by atoms with Crippen LogP contribution in [0, 0.1) is 20.8 Å². The second-order valence-corrected chi connectivity index (χ2v) is 6.79. The fraction of sp³-hybridized carbons (Fsp3) is 0.227. The van der Waals surface area contributed by atoms with E-state index in [0.717, 1.165) is 22.4 Å². The van der Waals surface area contributed by atoms with E-state index in [0.29, 0.717) is 17.3 Å². The quantitative estimate of drug-likeness (QED) is 0.696. The van der Waals surface area contributed by atoms with Crippen molar-refractivity contribution in [3.63, 3.8) is 0 Å². The number of anilines is 2. The lowest BCUT2D eigenvalue weighted by atomic mass is 10.1. The third kappa shape index (κ3) is 4.91. The fourth-order valence-corrected chi connectivity index (χ4v) is 3.04. The molecule has 0 aliphatic heterocycles. The molecule has 1 heterocycles. The number of benzene rings is 2. The van der Waals surface area contributed by atoms with Crippen LogP contribution in [0.4, 0.5) is 11.5 Å². The first-order valence-corrected chi connectivity index (χ1v) is 8.97. The summed E-state index contributed by atoms with van der Waals surface area (Å²) in [6, 6.07) is 17.6. The van der Waals surface area contributed by atoms with Gasteiger partial charge in [-0.25, -0.2) is 9.97 Å². The summed E-state index contributed by atoms with van der Waals surface area (Å²) in [5, 5.41) is 6.27. The Hall–Kier alpha value is -3.21. The molecule has 27 heavy (non-hydrogen) atoms. The van der Waals surface area contributed by atoms with E-state index in [-0.39, 0.29) is 11.9 Å². The van der Waals surface area contributed by atoms with Crippen LogP contribution in [0.25, 0.3) is 0 Å². The van der Waals surface area contributed by atoms with E-state index < -0.39 is 0 Å². The third-order valence-corrected chi connectivity index (χ3v) is 4.21. The molecule has 5 heteroatoms. The van der Waals surface area contributed by atoms with Crippen molar-refractivity contribution in [3.8, 4) is 0 Å². The van der Waals surface area contributed by atoms with Gasteiger partial charge in [0.25, 0.3) is 5.91 Å². The molecule has 0 saturated carbocycles. The van der Waals surface area contributed by atoms with Gasteiger partial charge in [-0.3, -0.25) is 4.79 Å². The summed E-state index contributed by atoms with van der Waals surface area (Å²) in [5.74, 6) is 0.923. The zero-order valence-electron chi connectivity index (χ0n) is 16.1. The molecule has 5 nitrogen and oxygen atoms in total. The minimum absolute atomic E-state index is 0.107. The Kier molecular flexibility index (Phi) is 5.50. The van der Waals surface area contributed by atoms with Crippen LogP contribution < -0.4 is 10.6 Å². The molecule has 1 aromatic heterocycles. The predicted octanol–water partition coefficient (Wildman–Crippen LogP) is 4.64. The molecule has 1 amide bonds. The summed E-state index contributed by atoms with van der Waals surface area (Å²) in [5.41, 5.74) is 4.66. The number of aromatic nitrogens is 2. The summed E-state index contributed by atoms with van der Waals surface area (Å²) < 4.78 is 0. The lowest BCUT2D eigenvalue weighted by molar-refractivity contribution is 0.0934. The molecule has 0 saturated heterocycles. The van der Waals surface area contributed by atoms with Gasteiger partial charge in [0.1, 0.15) is 17.3 Å². The van der Waals surface area contributed by atoms with Gasteiger partial charge in [0.2, 0.25) is 0 Å². The highest BCUT2D eigenvalue weighted by molar-refractivity contribution is 5.93. The predicted molar refractivity (Wildman–Crippen MR) is 108 cm³/mol. The monoisotopic (exact) mass is 360 g/mol. The first kappa shape index (κ1) is 18.6. The van der Waals surface area contributed by atoms with E-state index in [4.69, 9.17) is 0 Å². The molecule has 2 aromatic carbocycles. The van der Waals surface area contributed by atoms with E-state index in [1.54, 1.807) is 13.0 Å². The van der Waals surface area contributed by atoms with Crippen molar-refractivity contribution in [2.24, 2.45) is 0 Å². The Balaban J connectivity index is 1.79. The number of carbonyl (C=O) groups is 1. The summed E-state index contributed by atoms with van der Waals surface area (Å²) in [6.07, 6.45) is 0. The van der Waals surface area contributed by atoms with Crippen molar-refractivity contribution in [2.75, 3.05) is 5.32 Å². The van der Waals surface area contributed by atoms with E-state index in [1.807, 2.05) is 63.2 Å². The zero-order chi connectivity index (χ0) is 19.4. The highest BCUT2D eigenvalue weighted by Gasteiger charge is 2.14. The molecule has 3 aromatic rings. The number of amides is 1. The van der Waals surface area contributed by atoms with Crippen molar-refractivity contribution in [1.29, 1.82) is 0 Å². The normalized spacial score (nSPS) is 11.7. The second kappa shape index (κ2) is 7.99. The van der Waals surface area contributed by atoms with Crippen LogP contribution >= 0.6 is 0 Å². The lowest BCUT2D eigenvalue weighted by Crippen LogP contribution is -2.27. The average molecular weight is 360 g/mol. The largest absolute Gasteiger partial charge is 0.344 e. The van der Waals surface area contributed by atoms with Crippen LogP contribution in [-0.4, -0.2) is 15.9 Å². The molecular weight excluding hydrogens is 336 g/mol. The first-order valence-electron chi connectivity index (χ1n) is 8.97. The van der Waals surface area contributed by atoms with Crippen LogP contribution in [0.5, 0.6) is 0 Å². The van der Waals surface area contributed by atoms with Gasteiger partial charge < -0.3 is 10.6 Å². The number of nitrogens with zero attached hydrogens (tertiary/aromatic N) is 2. The Bertz CT molecular complexity index is 934. The smallest absolute Gasteiger partial charge is 0.270 e. The number of aryl methyl sites for hydroxylation is 3. The van der Waals surface area contributed by atoms with Crippen molar-refractivity contribution < 1.29 is 4.79 Å². The summed E-state index contributed by atoms with van der Waals surface area (Å²) >= 11 is 0. The molecule has 1 unspecified atom stereocenters. The Morgan fingerprint density at radius 2 is 1.59 bits per heavy atom. The van der Waals surface area contributed by atoms with E-state index in [1.165, 1.54) is 0 Å². The van der Waals surface area contributed by atoms with E-state index >= 15 is 0 Å². The highest BCUT2D eigenvalue weighted by Crippen LogP contribution is 2.19. The van der Waals surface area contributed by atoms with E-state index in [9.17, 15) is 4.79 Å².